The first-order chi connectivity index (χ1) is 10.4. The highest BCUT2D eigenvalue weighted by Crippen LogP contribution is 2.14. The van der Waals surface area contributed by atoms with Gasteiger partial charge in [0, 0.05) is 13.1 Å². The van der Waals surface area contributed by atoms with Gasteiger partial charge in [-0.3, -0.25) is 0 Å². The zero-order valence-electron chi connectivity index (χ0n) is 11.7. The van der Waals surface area contributed by atoms with Crippen LogP contribution in [0.1, 0.15) is 12.8 Å². The molecule has 0 saturated carbocycles. The maximum Gasteiger partial charge on any atom is 0.346 e. The predicted molar refractivity (Wildman–Crippen MR) is 76.2 cm³/mol. The lowest BCUT2D eigenvalue weighted by atomic mass is 10.3. The Morgan fingerprint density at radius 2 is 1.91 bits per heavy atom. The smallest absolute Gasteiger partial charge is 0.346 e. The number of benzene rings is 1. The minimum atomic E-state index is -3.71. The largest absolute Gasteiger partial charge is 0.478 e. The van der Waals surface area contributed by atoms with Gasteiger partial charge in [0.25, 0.3) is 10.2 Å². The molecule has 22 heavy (non-hydrogen) atoms. The number of hydrogen-bond donors (Lipinski definition) is 2. The van der Waals surface area contributed by atoms with Crippen molar-refractivity contribution in [2.45, 2.75) is 18.9 Å². The lowest BCUT2D eigenvalue weighted by molar-refractivity contribution is -0.144. The summed E-state index contributed by atoms with van der Waals surface area (Å²) < 4.78 is 45.4. The molecular weight excluding hydrogens is 315 g/mol. The molecule has 0 spiro atoms. The normalized spacial score (nSPS) is 17.3. The van der Waals surface area contributed by atoms with Crippen molar-refractivity contribution in [3.05, 3.63) is 30.1 Å². The first-order valence-corrected chi connectivity index (χ1v) is 8.22. The van der Waals surface area contributed by atoms with E-state index in [2.05, 4.69) is 4.72 Å². The van der Waals surface area contributed by atoms with Gasteiger partial charge in [-0.15, -0.1) is 0 Å². The van der Waals surface area contributed by atoms with Crippen molar-refractivity contribution in [2.75, 3.05) is 19.6 Å². The number of carboxylic acids is 1. The summed E-state index contributed by atoms with van der Waals surface area (Å²) in [4.78, 5) is 11.2. The Balaban J connectivity index is 1.97. The fourth-order valence-electron chi connectivity index (χ4n) is 2.06. The topological polar surface area (TPSA) is 95.9 Å². The molecule has 1 aromatic rings. The van der Waals surface area contributed by atoms with Gasteiger partial charge in [-0.2, -0.15) is 17.4 Å². The van der Waals surface area contributed by atoms with E-state index in [1.54, 1.807) is 0 Å². The molecule has 0 aromatic heterocycles. The SMILES string of the molecule is O=C(O)C(CNS(=O)(=O)N1CCCC1)Oc1ccc(F)cc1. The number of carbonyl (C=O) groups is 1. The third-order valence-corrected chi connectivity index (χ3v) is 4.80. The average molecular weight is 332 g/mol. The molecule has 122 valence electrons. The Kier molecular flexibility index (Phi) is 5.33. The van der Waals surface area contributed by atoms with Gasteiger partial charge >= 0.3 is 5.97 Å². The van der Waals surface area contributed by atoms with Gasteiger partial charge < -0.3 is 9.84 Å². The number of rotatable bonds is 7. The van der Waals surface area contributed by atoms with Crippen LogP contribution in [-0.4, -0.2) is 49.5 Å². The number of hydrogen-bond acceptors (Lipinski definition) is 4. The molecule has 1 aliphatic rings. The molecule has 0 amide bonds. The summed E-state index contributed by atoms with van der Waals surface area (Å²) in [7, 11) is -3.71. The lowest BCUT2D eigenvalue weighted by Gasteiger charge is -2.19. The number of aliphatic carboxylic acids is 1. The maximum atomic E-state index is 12.8. The van der Waals surface area contributed by atoms with Crippen LogP contribution in [0.4, 0.5) is 4.39 Å². The van der Waals surface area contributed by atoms with E-state index in [-0.39, 0.29) is 5.75 Å². The molecule has 1 saturated heterocycles. The second-order valence-electron chi connectivity index (χ2n) is 4.86. The van der Waals surface area contributed by atoms with Crippen LogP contribution < -0.4 is 9.46 Å². The van der Waals surface area contributed by atoms with Gasteiger partial charge in [-0.25, -0.2) is 9.18 Å². The van der Waals surface area contributed by atoms with Crippen LogP contribution in [-0.2, 0) is 15.0 Å². The standard InChI is InChI=1S/C13H17FN2O5S/c14-10-3-5-11(6-4-10)21-12(13(17)18)9-15-22(19,20)16-7-1-2-8-16/h3-6,12,15H,1-2,7-9H2,(H,17,18). The van der Waals surface area contributed by atoms with Gasteiger partial charge in [0.15, 0.2) is 0 Å². The van der Waals surface area contributed by atoms with Crippen LogP contribution in [0.15, 0.2) is 24.3 Å². The zero-order chi connectivity index (χ0) is 16.2. The van der Waals surface area contributed by atoms with Gasteiger partial charge in [-0.05, 0) is 37.1 Å². The molecule has 1 aromatic carbocycles. The van der Waals surface area contributed by atoms with E-state index in [9.17, 15) is 17.6 Å². The van der Waals surface area contributed by atoms with E-state index in [1.807, 2.05) is 0 Å². The summed E-state index contributed by atoms with van der Waals surface area (Å²) in [5.74, 6) is -1.64. The number of carboxylic acid groups (broad SMARTS) is 1. The molecule has 0 aliphatic carbocycles. The number of nitrogens with one attached hydrogen (secondary N) is 1. The van der Waals surface area contributed by atoms with Crippen LogP contribution in [0, 0.1) is 5.82 Å². The summed E-state index contributed by atoms with van der Waals surface area (Å²) >= 11 is 0. The van der Waals surface area contributed by atoms with Crippen molar-refractivity contribution < 1.29 is 27.4 Å². The average Bonchev–Trinajstić information content (AvgIpc) is 3.00. The van der Waals surface area contributed by atoms with Crippen LogP contribution in [0.25, 0.3) is 0 Å². The van der Waals surface area contributed by atoms with Crippen LogP contribution in [0.2, 0.25) is 0 Å². The predicted octanol–water partition coefficient (Wildman–Crippen LogP) is 0.588. The molecule has 1 fully saturated rings. The molecule has 1 unspecified atom stereocenters. The van der Waals surface area contributed by atoms with E-state index in [0.29, 0.717) is 13.1 Å². The minimum Gasteiger partial charge on any atom is -0.478 e. The highest BCUT2D eigenvalue weighted by molar-refractivity contribution is 7.87. The number of ether oxygens (including phenoxy) is 1. The van der Waals surface area contributed by atoms with Crippen LogP contribution in [0.3, 0.4) is 0 Å². The fourth-order valence-corrected chi connectivity index (χ4v) is 3.34. The molecule has 1 atom stereocenters. The quantitative estimate of drug-likeness (QED) is 0.762. The molecule has 7 nitrogen and oxygen atoms in total. The summed E-state index contributed by atoms with van der Waals surface area (Å²) in [5.41, 5.74) is 0. The summed E-state index contributed by atoms with van der Waals surface area (Å²) in [6.07, 6.45) is 0.174. The molecule has 0 bridgehead atoms. The van der Waals surface area contributed by atoms with Crippen molar-refractivity contribution in [1.82, 2.24) is 9.03 Å². The third kappa shape index (κ3) is 4.39. The first-order valence-electron chi connectivity index (χ1n) is 6.78. The van der Waals surface area contributed by atoms with Crippen LogP contribution in [0.5, 0.6) is 5.75 Å². The van der Waals surface area contributed by atoms with Gasteiger partial charge in [0.05, 0.1) is 6.54 Å². The molecule has 9 heteroatoms. The second kappa shape index (κ2) is 7.03. The molecule has 1 aliphatic heterocycles. The molecular formula is C13H17FN2O5S. The van der Waals surface area contributed by atoms with Crippen molar-refractivity contribution in [2.24, 2.45) is 0 Å². The first kappa shape index (κ1) is 16.7. The molecule has 2 N–H and O–H groups in total. The Bertz CT molecular complexity index is 614. The zero-order valence-corrected chi connectivity index (χ0v) is 12.6. The minimum absolute atomic E-state index is 0.147. The highest BCUT2D eigenvalue weighted by atomic mass is 32.2. The van der Waals surface area contributed by atoms with Gasteiger partial charge in [0.1, 0.15) is 11.6 Å². The molecule has 2 rings (SSSR count). The highest BCUT2D eigenvalue weighted by Gasteiger charge is 2.28. The van der Waals surface area contributed by atoms with E-state index < -0.39 is 34.6 Å². The van der Waals surface area contributed by atoms with E-state index in [1.165, 1.54) is 16.4 Å². The van der Waals surface area contributed by atoms with Crippen LogP contribution >= 0.6 is 0 Å². The Hall–Kier alpha value is -1.71. The fraction of sp³-hybridized carbons (Fsp3) is 0.462. The van der Waals surface area contributed by atoms with E-state index in [0.717, 1.165) is 25.0 Å². The summed E-state index contributed by atoms with van der Waals surface area (Å²) in [5, 5.41) is 9.10. The van der Waals surface area contributed by atoms with Crippen molar-refractivity contribution in [3.8, 4) is 5.75 Å². The van der Waals surface area contributed by atoms with Gasteiger partial charge in [0.2, 0.25) is 6.10 Å². The van der Waals surface area contributed by atoms with Gasteiger partial charge in [-0.1, -0.05) is 0 Å². The monoisotopic (exact) mass is 332 g/mol. The van der Waals surface area contributed by atoms with Crippen molar-refractivity contribution in [1.29, 1.82) is 0 Å². The third-order valence-electron chi connectivity index (χ3n) is 3.22. The lowest BCUT2D eigenvalue weighted by Crippen LogP contribution is -2.45. The van der Waals surface area contributed by atoms with Crippen molar-refractivity contribution in [3.63, 3.8) is 0 Å². The van der Waals surface area contributed by atoms with E-state index >= 15 is 0 Å². The van der Waals surface area contributed by atoms with Crippen molar-refractivity contribution >= 4 is 16.2 Å². The number of halogens is 1. The Labute approximate surface area is 127 Å². The number of nitrogens with zero attached hydrogens (tertiary/aromatic N) is 1. The Morgan fingerprint density at radius 1 is 1.32 bits per heavy atom. The molecule has 0 radical (unpaired) electrons. The summed E-state index contributed by atoms with van der Waals surface area (Å²) in [6, 6.07) is 4.81. The molecule has 1 heterocycles. The second-order valence-corrected chi connectivity index (χ2v) is 6.61. The maximum absolute atomic E-state index is 12.8. The Morgan fingerprint density at radius 3 is 2.45 bits per heavy atom. The summed E-state index contributed by atoms with van der Waals surface area (Å²) in [6.45, 7) is 0.434. The van der Waals surface area contributed by atoms with E-state index in [4.69, 9.17) is 9.84 Å².